The summed E-state index contributed by atoms with van der Waals surface area (Å²) in [7, 11) is 0. The van der Waals surface area contributed by atoms with Crippen molar-refractivity contribution >= 4 is 11.7 Å². The number of anilines is 1. The molecule has 5 heteroatoms. The minimum absolute atomic E-state index is 0.237. The van der Waals surface area contributed by atoms with Crippen LogP contribution in [0.5, 0.6) is 0 Å². The van der Waals surface area contributed by atoms with Crippen molar-refractivity contribution in [2.45, 2.75) is 0 Å². The summed E-state index contributed by atoms with van der Waals surface area (Å²) >= 11 is 0. The summed E-state index contributed by atoms with van der Waals surface area (Å²) in [5.41, 5.74) is 6.64. The van der Waals surface area contributed by atoms with Crippen molar-refractivity contribution in [3.8, 4) is 11.8 Å². The van der Waals surface area contributed by atoms with Crippen LogP contribution in [0.1, 0.15) is 15.9 Å². The number of aromatic nitrogens is 2. The lowest BCUT2D eigenvalue weighted by atomic mass is 10.1. The first-order valence-corrected chi connectivity index (χ1v) is 5.66. The Kier molecular flexibility index (Phi) is 4.21. The summed E-state index contributed by atoms with van der Waals surface area (Å²) in [5.74, 6) is 5.82. The van der Waals surface area contributed by atoms with Crippen LogP contribution in [-0.2, 0) is 0 Å². The number of rotatable bonds is 2. The summed E-state index contributed by atoms with van der Waals surface area (Å²) in [5, 5.41) is 2.65. The van der Waals surface area contributed by atoms with Crippen LogP contribution in [0.2, 0.25) is 0 Å². The predicted molar refractivity (Wildman–Crippen MR) is 72.4 cm³/mol. The third kappa shape index (κ3) is 3.63. The lowest BCUT2D eigenvalue weighted by Gasteiger charge is -2.03. The highest BCUT2D eigenvalue weighted by Gasteiger charge is 2.05. The van der Waals surface area contributed by atoms with Crippen LogP contribution < -0.4 is 11.1 Å². The van der Waals surface area contributed by atoms with Gasteiger partial charge in [0.05, 0.1) is 12.7 Å². The van der Waals surface area contributed by atoms with Crippen molar-refractivity contribution in [3.05, 3.63) is 54.0 Å². The van der Waals surface area contributed by atoms with Gasteiger partial charge in [0.25, 0.3) is 5.91 Å². The van der Waals surface area contributed by atoms with Crippen LogP contribution in [0.25, 0.3) is 0 Å². The van der Waals surface area contributed by atoms with Gasteiger partial charge < -0.3 is 11.1 Å². The molecule has 2 aromatic rings. The van der Waals surface area contributed by atoms with Gasteiger partial charge in [-0.2, -0.15) is 0 Å². The number of carbonyl (C=O) groups excluding carboxylic acids is 1. The van der Waals surface area contributed by atoms with Crippen molar-refractivity contribution in [2.24, 2.45) is 5.73 Å². The van der Waals surface area contributed by atoms with Gasteiger partial charge in [-0.25, -0.2) is 4.98 Å². The Morgan fingerprint density at radius 3 is 2.68 bits per heavy atom. The first kappa shape index (κ1) is 12.7. The zero-order valence-electron chi connectivity index (χ0n) is 10.1. The lowest BCUT2D eigenvalue weighted by molar-refractivity contribution is 0.102. The van der Waals surface area contributed by atoms with E-state index >= 15 is 0 Å². The fraction of sp³-hybridized carbons (Fsp3) is 0.0714. The standard InChI is InChI=1S/C14H12N4O/c15-7-1-2-11-3-5-12(6-4-11)14(19)18-13-10-16-8-9-17-13/h3-6,8-10H,7,15H2,(H,17,18,19). The number of nitrogens with two attached hydrogens (primary N) is 1. The number of nitrogens with zero attached hydrogens (tertiary/aromatic N) is 2. The van der Waals surface area contributed by atoms with E-state index in [0.29, 0.717) is 17.9 Å². The second kappa shape index (κ2) is 6.28. The van der Waals surface area contributed by atoms with Crippen LogP contribution in [-0.4, -0.2) is 22.4 Å². The van der Waals surface area contributed by atoms with E-state index in [9.17, 15) is 4.79 Å². The van der Waals surface area contributed by atoms with Gasteiger partial charge in [-0.3, -0.25) is 9.78 Å². The molecule has 0 aliphatic heterocycles. The maximum Gasteiger partial charge on any atom is 0.256 e. The molecule has 0 bridgehead atoms. The Balaban J connectivity index is 2.08. The van der Waals surface area contributed by atoms with Gasteiger partial charge in [0.1, 0.15) is 0 Å². The van der Waals surface area contributed by atoms with E-state index in [-0.39, 0.29) is 5.91 Å². The van der Waals surface area contributed by atoms with Crippen molar-refractivity contribution in [2.75, 3.05) is 11.9 Å². The Morgan fingerprint density at radius 2 is 2.05 bits per heavy atom. The predicted octanol–water partition coefficient (Wildman–Crippen LogP) is 1.04. The molecule has 0 atom stereocenters. The summed E-state index contributed by atoms with van der Waals surface area (Å²) < 4.78 is 0. The average molecular weight is 252 g/mol. The van der Waals surface area contributed by atoms with Gasteiger partial charge in [-0.05, 0) is 24.3 Å². The quantitative estimate of drug-likeness (QED) is 0.782. The molecule has 2 rings (SSSR count). The van der Waals surface area contributed by atoms with Gasteiger partial charge in [-0.1, -0.05) is 11.8 Å². The molecule has 5 nitrogen and oxygen atoms in total. The number of amides is 1. The topological polar surface area (TPSA) is 80.9 Å². The second-order valence-electron chi connectivity index (χ2n) is 3.63. The first-order valence-electron chi connectivity index (χ1n) is 5.66. The minimum Gasteiger partial charge on any atom is -0.320 e. The van der Waals surface area contributed by atoms with Gasteiger partial charge in [0.2, 0.25) is 0 Å². The monoisotopic (exact) mass is 252 g/mol. The third-order valence-electron chi connectivity index (χ3n) is 2.29. The van der Waals surface area contributed by atoms with Crippen LogP contribution >= 0.6 is 0 Å². The summed E-state index contributed by atoms with van der Waals surface area (Å²) in [6, 6.07) is 6.95. The number of carbonyl (C=O) groups is 1. The summed E-state index contributed by atoms with van der Waals surface area (Å²) in [4.78, 5) is 19.7. The zero-order chi connectivity index (χ0) is 13.5. The maximum atomic E-state index is 11.9. The van der Waals surface area contributed by atoms with Crippen molar-refractivity contribution in [1.82, 2.24) is 9.97 Å². The van der Waals surface area contributed by atoms with E-state index in [0.717, 1.165) is 5.56 Å². The normalized spacial score (nSPS) is 9.32. The van der Waals surface area contributed by atoms with Gasteiger partial charge in [0, 0.05) is 23.5 Å². The number of nitrogens with one attached hydrogen (secondary N) is 1. The third-order valence-corrected chi connectivity index (χ3v) is 2.29. The molecule has 0 unspecified atom stereocenters. The average Bonchev–Trinajstić information content (AvgIpc) is 2.46. The molecule has 0 saturated heterocycles. The number of hydrogen-bond acceptors (Lipinski definition) is 4. The van der Waals surface area contributed by atoms with E-state index in [2.05, 4.69) is 27.1 Å². The summed E-state index contributed by atoms with van der Waals surface area (Å²) in [6.45, 7) is 0.314. The molecule has 1 aromatic carbocycles. The van der Waals surface area contributed by atoms with Crippen LogP contribution in [0.3, 0.4) is 0 Å². The maximum absolute atomic E-state index is 11.9. The smallest absolute Gasteiger partial charge is 0.256 e. The summed E-state index contributed by atoms with van der Waals surface area (Å²) in [6.07, 6.45) is 4.54. The molecule has 0 aliphatic carbocycles. The highest BCUT2D eigenvalue weighted by atomic mass is 16.1. The van der Waals surface area contributed by atoms with Crippen molar-refractivity contribution in [3.63, 3.8) is 0 Å². The van der Waals surface area contributed by atoms with E-state index < -0.39 is 0 Å². The highest BCUT2D eigenvalue weighted by molar-refractivity contribution is 6.03. The molecule has 3 N–H and O–H groups in total. The van der Waals surface area contributed by atoms with Gasteiger partial charge in [-0.15, -0.1) is 0 Å². The van der Waals surface area contributed by atoms with Gasteiger partial charge in [0.15, 0.2) is 5.82 Å². The molecule has 1 heterocycles. The first-order chi connectivity index (χ1) is 9.29. The Hall–Kier alpha value is -2.71. The van der Waals surface area contributed by atoms with E-state index in [1.165, 1.54) is 12.4 Å². The number of hydrogen-bond donors (Lipinski definition) is 2. The second-order valence-corrected chi connectivity index (χ2v) is 3.63. The molecule has 19 heavy (non-hydrogen) atoms. The van der Waals surface area contributed by atoms with E-state index in [1.807, 2.05) is 0 Å². The Morgan fingerprint density at radius 1 is 1.26 bits per heavy atom. The molecule has 1 amide bonds. The Bertz CT molecular complexity index is 611. The fourth-order valence-corrected chi connectivity index (χ4v) is 1.41. The molecular weight excluding hydrogens is 240 g/mol. The van der Waals surface area contributed by atoms with E-state index in [1.54, 1.807) is 30.5 Å². The minimum atomic E-state index is -0.237. The Labute approximate surface area is 110 Å². The highest BCUT2D eigenvalue weighted by Crippen LogP contribution is 2.06. The molecule has 0 saturated carbocycles. The van der Waals surface area contributed by atoms with Crippen molar-refractivity contribution < 1.29 is 4.79 Å². The molecule has 0 spiro atoms. The lowest BCUT2D eigenvalue weighted by Crippen LogP contribution is -2.12. The zero-order valence-corrected chi connectivity index (χ0v) is 10.1. The fourth-order valence-electron chi connectivity index (χ4n) is 1.41. The SMILES string of the molecule is NCC#Cc1ccc(C(=O)Nc2cnccn2)cc1. The van der Waals surface area contributed by atoms with Crippen molar-refractivity contribution in [1.29, 1.82) is 0 Å². The van der Waals surface area contributed by atoms with Crippen LogP contribution in [0, 0.1) is 11.8 Å². The van der Waals surface area contributed by atoms with Crippen LogP contribution in [0.4, 0.5) is 5.82 Å². The molecular formula is C14H12N4O. The molecule has 0 fully saturated rings. The largest absolute Gasteiger partial charge is 0.320 e. The molecule has 0 aliphatic rings. The van der Waals surface area contributed by atoms with E-state index in [4.69, 9.17) is 5.73 Å². The van der Waals surface area contributed by atoms with Gasteiger partial charge >= 0.3 is 0 Å². The van der Waals surface area contributed by atoms with Crippen LogP contribution in [0.15, 0.2) is 42.9 Å². The molecule has 1 aromatic heterocycles. The number of benzene rings is 1. The molecule has 0 radical (unpaired) electrons. The molecule has 94 valence electrons.